The van der Waals surface area contributed by atoms with Crippen LogP contribution in [-0.2, 0) is 6.61 Å². The van der Waals surface area contributed by atoms with Crippen LogP contribution in [0, 0.1) is 0 Å². The zero-order valence-electron chi connectivity index (χ0n) is 6.99. The van der Waals surface area contributed by atoms with Crippen molar-refractivity contribution in [2.75, 3.05) is 0 Å². The summed E-state index contributed by atoms with van der Waals surface area (Å²) in [6.07, 6.45) is 6.75. The fourth-order valence-electron chi connectivity index (χ4n) is 1.80. The zero-order valence-corrected chi connectivity index (χ0v) is 6.99. The topological polar surface area (TPSA) is 46.3 Å². The van der Waals surface area contributed by atoms with Crippen molar-refractivity contribution in [1.82, 2.24) is 4.98 Å². The molecule has 0 spiro atoms. The van der Waals surface area contributed by atoms with Crippen molar-refractivity contribution in [1.29, 1.82) is 0 Å². The summed E-state index contributed by atoms with van der Waals surface area (Å²) in [7, 11) is 0. The SMILES string of the molecule is OCc1ncc(C2CCCC2)o1. The third-order valence-corrected chi connectivity index (χ3v) is 2.46. The smallest absolute Gasteiger partial charge is 0.220 e. The Morgan fingerprint density at radius 3 is 2.83 bits per heavy atom. The molecule has 1 heterocycles. The van der Waals surface area contributed by atoms with Crippen LogP contribution in [0.4, 0.5) is 0 Å². The Balaban J connectivity index is 2.11. The van der Waals surface area contributed by atoms with Gasteiger partial charge in [-0.15, -0.1) is 0 Å². The van der Waals surface area contributed by atoms with Crippen LogP contribution in [0.15, 0.2) is 10.6 Å². The van der Waals surface area contributed by atoms with Crippen molar-refractivity contribution in [3.63, 3.8) is 0 Å². The van der Waals surface area contributed by atoms with Crippen molar-refractivity contribution >= 4 is 0 Å². The van der Waals surface area contributed by atoms with E-state index in [9.17, 15) is 0 Å². The third kappa shape index (κ3) is 1.37. The highest BCUT2D eigenvalue weighted by Crippen LogP contribution is 2.34. The van der Waals surface area contributed by atoms with Gasteiger partial charge in [0.1, 0.15) is 12.4 Å². The Morgan fingerprint density at radius 2 is 2.25 bits per heavy atom. The molecule has 1 aromatic heterocycles. The summed E-state index contributed by atoms with van der Waals surface area (Å²) in [5.41, 5.74) is 0. The third-order valence-electron chi connectivity index (χ3n) is 2.46. The van der Waals surface area contributed by atoms with Crippen LogP contribution in [0.3, 0.4) is 0 Å². The monoisotopic (exact) mass is 167 g/mol. The molecule has 1 aromatic rings. The van der Waals surface area contributed by atoms with Gasteiger partial charge in [0.2, 0.25) is 5.89 Å². The average molecular weight is 167 g/mol. The molecule has 0 radical (unpaired) electrons. The molecule has 0 saturated heterocycles. The van der Waals surface area contributed by atoms with Crippen LogP contribution < -0.4 is 0 Å². The average Bonchev–Trinajstić information content (AvgIpc) is 2.75. The number of hydrogen-bond donors (Lipinski definition) is 1. The molecular weight excluding hydrogens is 154 g/mol. The van der Waals surface area contributed by atoms with Gasteiger partial charge in [0, 0.05) is 5.92 Å². The summed E-state index contributed by atoms with van der Waals surface area (Å²) in [5, 5.41) is 8.74. The first kappa shape index (κ1) is 7.80. The molecule has 66 valence electrons. The Morgan fingerprint density at radius 1 is 1.50 bits per heavy atom. The van der Waals surface area contributed by atoms with E-state index in [1.807, 2.05) is 0 Å². The van der Waals surface area contributed by atoms with Gasteiger partial charge in [0.05, 0.1) is 6.20 Å². The molecule has 3 heteroatoms. The summed E-state index contributed by atoms with van der Waals surface area (Å²) < 4.78 is 5.36. The molecule has 0 amide bonds. The largest absolute Gasteiger partial charge is 0.443 e. The maximum absolute atomic E-state index is 8.74. The summed E-state index contributed by atoms with van der Waals surface area (Å²) in [5.74, 6) is 1.95. The van der Waals surface area contributed by atoms with E-state index in [1.54, 1.807) is 6.20 Å². The summed E-state index contributed by atoms with van der Waals surface area (Å²) in [6.45, 7) is -0.0906. The molecule has 3 nitrogen and oxygen atoms in total. The van der Waals surface area contributed by atoms with Gasteiger partial charge in [-0.2, -0.15) is 0 Å². The molecule has 0 unspecified atom stereocenters. The number of oxazole rings is 1. The van der Waals surface area contributed by atoms with Gasteiger partial charge in [-0.25, -0.2) is 4.98 Å². The van der Waals surface area contributed by atoms with Crippen LogP contribution in [0.5, 0.6) is 0 Å². The number of aliphatic hydroxyl groups excluding tert-OH is 1. The van der Waals surface area contributed by atoms with E-state index in [1.165, 1.54) is 25.7 Å². The maximum Gasteiger partial charge on any atom is 0.220 e. The van der Waals surface area contributed by atoms with E-state index in [-0.39, 0.29) is 6.61 Å². The summed E-state index contributed by atoms with van der Waals surface area (Å²) >= 11 is 0. The Kier molecular flexibility index (Phi) is 2.13. The molecule has 0 aromatic carbocycles. The van der Waals surface area contributed by atoms with Crippen molar-refractivity contribution < 1.29 is 9.52 Å². The number of hydrogen-bond acceptors (Lipinski definition) is 3. The minimum Gasteiger partial charge on any atom is -0.443 e. The van der Waals surface area contributed by atoms with E-state index in [2.05, 4.69) is 4.98 Å². The molecule has 0 aliphatic heterocycles. The second-order valence-corrected chi connectivity index (χ2v) is 3.30. The highest BCUT2D eigenvalue weighted by Gasteiger charge is 2.20. The molecule has 0 bridgehead atoms. The molecule has 1 fully saturated rings. The molecule has 1 aliphatic carbocycles. The minimum atomic E-state index is -0.0906. The van der Waals surface area contributed by atoms with Crippen molar-refractivity contribution in [3.8, 4) is 0 Å². The number of aromatic nitrogens is 1. The molecule has 1 saturated carbocycles. The predicted molar refractivity (Wildman–Crippen MR) is 43.6 cm³/mol. The lowest BCUT2D eigenvalue weighted by Crippen LogP contribution is -1.88. The van der Waals surface area contributed by atoms with Crippen molar-refractivity contribution in [2.45, 2.75) is 38.2 Å². The van der Waals surface area contributed by atoms with Gasteiger partial charge >= 0.3 is 0 Å². The van der Waals surface area contributed by atoms with Crippen molar-refractivity contribution in [3.05, 3.63) is 17.8 Å². The molecule has 2 rings (SSSR count). The van der Waals surface area contributed by atoms with E-state index in [4.69, 9.17) is 9.52 Å². The molecule has 12 heavy (non-hydrogen) atoms. The summed E-state index contributed by atoms with van der Waals surface area (Å²) in [6, 6.07) is 0. The maximum atomic E-state index is 8.74. The van der Waals surface area contributed by atoms with Crippen LogP contribution in [-0.4, -0.2) is 10.1 Å². The lowest BCUT2D eigenvalue weighted by atomic mass is 10.1. The van der Waals surface area contributed by atoms with Gasteiger partial charge in [-0.05, 0) is 12.8 Å². The quantitative estimate of drug-likeness (QED) is 0.730. The van der Waals surface area contributed by atoms with Crippen LogP contribution in [0.25, 0.3) is 0 Å². The number of nitrogens with zero attached hydrogens (tertiary/aromatic N) is 1. The van der Waals surface area contributed by atoms with Crippen molar-refractivity contribution in [2.24, 2.45) is 0 Å². The molecule has 1 aliphatic rings. The highest BCUT2D eigenvalue weighted by atomic mass is 16.4. The highest BCUT2D eigenvalue weighted by molar-refractivity contribution is 5.03. The Labute approximate surface area is 71.4 Å². The van der Waals surface area contributed by atoms with Gasteiger partial charge in [0.25, 0.3) is 0 Å². The summed E-state index contributed by atoms with van der Waals surface area (Å²) in [4.78, 5) is 3.96. The fraction of sp³-hybridized carbons (Fsp3) is 0.667. The van der Waals surface area contributed by atoms with Gasteiger partial charge in [-0.3, -0.25) is 0 Å². The first-order chi connectivity index (χ1) is 5.90. The van der Waals surface area contributed by atoms with Crippen LogP contribution in [0.2, 0.25) is 0 Å². The second-order valence-electron chi connectivity index (χ2n) is 3.30. The lowest BCUT2D eigenvalue weighted by molar-refractivity contribution is 0.234. The van der Waals surface area contributed by atoms with Gasteiger partial charge in [-0.1, -0.05) is 12.8 Å². The van der Waals surface area contributed by atoms with E-state index in [0.717, 1.165) is 5.76 Å². The lowest BCUT2D eigenvalue weighted by Gasteiger charge is -2.01. The minimum absolute atomic E-state index is 0.0906. The normalized spacial score (nSPS) is 18.8. The number of rotatable bonds is 2. The van der Waals surface area contributed by atoms with Gasteiger partial charge in [0.15, 0.2) is 0 Å². The Bertz CT molecular complexity index is 251. The first-order valence-corrected chi connectivity index (χ1v) is 4.45. The molecule has 0 atom stereocenters. The fourth-order valence-corrected chi connectivity index (χ4v) is 1.80. The van der Waals surface area contributed by atoms with Crippen LogP contribution in [0.1, 0.15) is 43.3 Å². The standard InChI is InChI=1S/C9H13NO2/c11-6-9-10-5-8(12-9)7-3-1-2-4-7/h5,7,11H,1-4,6H2. The number of aliphatic hydroxyl groups is 1. The van der Waals surface area contributed by atoms with E-state index in [0.29, 0.717) is 11.8 Å². The van der Waals surface area contributed by atoms with Crippen LogP contribution >= 0.6 is 0 Å². The molecular formula is C9H13NO2. The Hall–Kier alpha value is -0.830. The zero-order chi connectivity index (χ0) is 8.39. The molecule has 1 N–H and O–H groups in total. The predicted octanol–water partition coefficient (Wildman–Crippen LogP) is 1.82. The second kappa shape index (κ2) is 3.27. The van der Waals surface area contributed by atoms with E-state index < -0.39 is 0 Å². The van der Waals surface area contributed by atoms with Gasteiger partial charge < -0.3 is 9.52 Å². The van der Waals surface area contributed by atoms with E-state index >= 15 is 0 Å². The first-order valence-electron chi connectivity index (χ1n) is 4.45.